The van der Waals surface area contributed by atoms with Gasteiger partial charge in [0.2, 0.25) is 0 Å². The molecule has 1 atom stereocenters. The summed E-state index contributed by atoms with van der Waals surface area (Å²) in [5, 5.41) is 0. The Morgan fingerprint density at radius 3 is 1.17 bits per heavy atom. The zero-order valence-electron chi connectivity index (χ0n) is 27.7. The van der Waals surface area contributed by atoms with E-state index in [1.54, 1.807) is 0 Å². The standard InChI is InChI=1S/C36H72O4S/c1-3-5-7-9-11-13-15-17-19-21-23-25-27-29-31-33-36(35-40-41(37,38)39)34-32-30-28-26-24-22-20-18-16-14-12-10-8-6-4-2/h31,33,36H,3-30,32,34-35H2,1-2H3,(H,37,38,39)/b33-31+. The highest BCUT2D eigenvalue weighted by atomic mass is 32.3. The maximum absolute atomic E-state index is 11.1. The normalized spacial score (nSPS) is 13.0. The molecule has 5 heteroatoms. The molecule has 0 aliphatic carbocycles. The monoisotopic (exact) mass is 601 g/mol. The van der Waals surface area contributed by atoms with Crippen LogP contribution in [0.25, 0.3) is 0 Å². The van der Waals surface area contributed by atoms with Crippen LogP contribution in [0.1, 0.15) is 206 Å². The fourth-order valence-corrected chi connectivity index (χ4v) is 6.10. The molecule has 0 fully saturated rings. The summed E-state index contributed by atoms with van der Waals surface area (Å²) in [4.78, 5) is 0. The first kappa shape index (κ1) is 40.6. The molecular weight excluding hydrogens is 528 g/mol. The van der Waals surface area contributed by atoms with Crippen molar-refractivity contribution in [2.45, 2.75) is 206 Å². The molecule has 0 heterocycles. The molecule has 246 valence electrons. The third kappa shape index (κ3) is 35.7. The van der Waals surface area contributed by atoms with Crippen LogP contribution in [0.5, 0.6) is 0 Å². The molecule has 0 saturated heterocycles. The summed E-state index contributed by atoms with van der Waals surface area (Å²) in [5.41, 5.74) is 0. The molecule has 0 aliphatic heterocycles. The Balaban J connectivity index is 3.75. The van der Waals surface area contributed by atoms with E-state index in [2.05, 4.69) is 26.0 Å². The lowest BCUT2D eigenvalue weighted by atomic mass is 9.99. The number of hydrogen-bond donors (Lipinski definition) is 1. The van der Waals surface area contributed by atoms with E-state index in [4.69, 9.17) is 8.74 Å². The predicted octanol–water partition coefficient (Wildman–Crippen LogP) is 12.7. The van der Waals surface area contributed by atoms with Crippen molar-refractivity contribution in [2.24, 2.45) is 5.92 Å². The molecule has 0 saturated carbocycles. The average Bonchev–Trinajstić information content (AvgIpc) is 2.94. The van der Waals surface area contributed by atoms with Gasteiger partial charge in [-0.15, -0.1) is 0 Å². The Kier molecular flexibility index (Phi) is 32.2. The molecule has 1 unspecified atom stereocenters. The van der Waals surface area contributed by atoms with Crippen LogP contribution in [-0.2, 0) is 14.6 Å². The molecule has 0 rings (SSSR count). The first-order valence-corrected chi connectivity index (χ1v) is 19.6. The van der Waals surface area contributed by atoms with E-state index in [0.29, 0.717) is 0 Å². The minimum atomic E-state index is -4.37. The lowest BCUT2D eigenvalue weighted by molar-refractivity contribution is 0.234. The van der Waals surface area contributed by atoms with Crippen molar-refractivity contribution < 1.29 is 17.2 Å². The van der Waals surface area contributed by atoms with Crippen LogP contribution in [0, 0.1) is 5.92 Å². The van der Waals surface area contributed by atoms with E-state index < -0.39 is 10.4 Å². The average molecular weight is 601 g/mol. The molecule has 0 aromatic heterocycles. The number of unbranched alkanes of at least 4 members (excludes halogenated alkanes) is 27. The molecule has 0 bridgehead atoms. The zero-order valence-corrected chi connectivity index (χ0v) is 28.5. The molecule has 0 amide bonds. The van der Waals surface area contributed by atoms with Crippen molar-refractivity contribution in [1.82, 2.24) is 0 Å². The van der Waals surface area contributed by atoms with Gasteiger partial charge in [0.25, 0.3) is 0 Å². The minimum Gasteiger partial charge on any atom is -0.264 e. The minimum absolute atomic E-state index is 0.0482. The number of rotatable bonds is 34. The number of hydrogen-bond acceptors (Lipinski definition) is 3. The van der Waals surface area contributed by atoms with Crippen molar-refractivity contribution in [3.8, 4) is 0 Å². The highest BCUT2D eigenvalue weighted by Gasteiger charge is 2.11. The van der Waals surface area contributed by atoms with Crippen LogP contribution < -0.4 is 0 Å². The lowest BCUT2D eigenvalue weighted by Crippen LogP contribution is -2.12. The van der Waals surface area contributed by atoms with Gasteiger partial charge >= 0.3 is 10.4 Å². The largest absolute Gasteiger partial charge is 0.397 e. The summed E-state index contributed by atoms with van der Waals surface area (Å²) in [7, 11) is -4.37. The van der Waals surface area contributed by atoms with E-state index in [9.17, 15) is 8.42 Å². The summed E-state index contributed by atoms with van der Waals surface area (Å²) in [5.74, 6) is 0.0564. The van der Waals surface area contributed by atoms with Crippen LogP contribution in [0.4, 0.5) is 0 Å². The summed E-state index contributed by atoms with van der Waals surface area (Å²) >= 11 is 0. The van der Waals surface area contributed by atoms with Crippen LogP contribution in [-0.4, -0.2) is 19.6 Å². The summed E-state index contributed by atoms with van der Waals surface area (Å²) in [6.45, 7) is 4.60. The molecule has 0 radical (unpaired) electrons. The van der Waals surface area contributed by atoms with Crippen molar-refractivity contribution in [2.75, 3.05) is 6.61 Å². The second-order valence-corrected chi connectivity index (χ2v) is 13.8. The Morgan fingerprint density at radius 1 is 0.512 bits per heavy atom. The summed E-state index contributed by atoms with van der Waals surface area (Å²) < 4.78 is 35.9. The molecular formula is C36H72O4S. The van der Waals surface area contributed by atoms with E-state index in [1.165, 1.54) is 173 Å². The quantitative estimate of drug-likeness (QED) is 0.0453. The molecule has 4 nitrogen and oxygen atoms in total. The van der Waals surface area contributed by atoms with Gasteiger partial charge in [-0.3, -0.25) is 4.55 Å². The molecule has 41 heavy (non-hydrogen) atoms. The Morgan fingerprint density at radius 2 is 0.829 bits per heavy atom. The van der Waals surface area contributed by atoms with Gasteiger partial charge in [0, 0.05) is 5.92 Å². The van der Waals surface area contributed by atoms with E-state index in [1.807, 2.05) is 0 Å². The molecule has 0 aromatic carbocycles. The van der Waals surface area contributed by atoms with Gasteiger partial charge in [0.05, 0.1) is 6.61 Å². The van der Waals surface area contributed by atoms with Crippen LogP contribution in [0.3, 0.4) is 0 Å². The van der Waals surface area contributed by atoms with Gasteiger partial charge in [-0.1, -0.05) is 199 Å². The highest BCUT2D eigenvalue weighted by Crippen LogP contribution is 2.18. The van der Waals surface area contributed by atoms with Crippen molar-refractivity contribution in [3.63, 3.8) is 0 Å². The Hall–Kier alpha value is -0.390. The van der Waals surface area contributed by atoms with Crippen molar-refractivity contribution in [3.05, 3.63) is 12.2 Å². The lowest BCUT2D eigenvalue weighted by Gasteiger charge is -2.12. The van der Waals surface area contributed by atoms with Gasteiger partial charge in [-0.25, -0.2) is 4.18 Å². The third-order valence-corrected chi connectivity index (χ3v) is 8.93. The van der Waals surface area contributed by atoms with E-state index >= 15 is 0 Å². The molecule has 0 aliphatic rings. The SMILES string of the molecule is CCCCCCCCCCCCCCC/C=C/C(CCCCCCCCCCCCCCCCC)COS(=O)(=O)O. The van der Waals surface area contributed by atoms with Crippen LogP contribution in [0.2, 0.25) is 0 Å². The molecule has 1 N–H and O–H groups in total. The van der Waals surface area contributed by atoms with E-state index in [0.717, 1.165) is 19.3 Å². The molecule has 0 spiro atoms. The number of allylic oxidation sites excluding steroid dienone is 1. The Labute approximate surface area is 258 Å². The van der Waals surface area contributed by atoms with Crippen LogP contribution >= 0.6 is 0 Å². The van der Waals surface area contributed by atoms with Gasteiger partial charge in [0.1, 0.15) is 0 Å². The fourth-order valence-electron chi connectivity index (χ4n) is 5.75. The zero-order chi connectivity index (χ0) is 30.1. The maximum atomic E-state index is 11.1. The third-order valence-electron chi connectivity index (χ3n) is 8.49. The second kappa shape index (κ2) is 32.5. The van der Waals surface area contributed by atoms with Gasteiger partial charge < -0.3 is 0 Å². The van der Waals surface area contributed by atoms with Crippen LogP contribution in [0.15, 0.2) is 12.2 Å². The Bertz CT molecular complexity index is 631. The first-order chi connectivity index (χ1) is 20.0. The second-order valence-electron chi connectivity index (χ2n) is 12.7. The van der Waals surface area contributed by atoms with Gasteiger partial charge in [-0.2, -0.15) is 8.42 Å². The van der Waals surface area contributed by atoms with Crippen molar-refractivity contribution in [1.29, 1.82) is 0 Å². The first-order valence-electron chi connectivity index (χ1n) is 18.3. The van der Waals surface area contributed by atoms with E-state index in [-0.39, 0.29) is 12.5 Å². The van der Waals surface area contributed by atoms with Crippen molar-refractivity contribution >= 4 is 10.4 Å². The predicted molar refractivity (Wildman–Crippen MR) is 180 cm³/mol. The highest BCUT2D eigenvalue weighted by molar-refractivity contribution is 7.80. The smallest absolute Gasteiger partial charge is 0.264 e. The maximum Gasteiger partial charge on any atom is 0.397 e. The summed E-state index contributed by atoms with van der Waals surface area (Å²) in [6.07, 6.45) is 44.1. The topological polar surface area (TPSA) is 63.6 Å². The molecule has 0 aromatic rings. The summed E-state index contributed by atoms with van der Waals surface area (Å²) in [6, 6.07) is 0. The van der Waals surface area contributed by atoms with Gasteiger partial charge in [-0.05, 0) is 19.3 Å². The van der Waals surface area contributed by atoms with Gasteiger partial charge in [0.15, 0.2) is 0 Å². The fraction of sp³-hybridized carbons (Fsp3) is 0.944.